The summed E-state index contributed by atoms with van der Waals surface area (Å²) in [6.07, 6.45) is 1.41. The van der Waals surface area contributed by atoms with E-state index in [-0.39, 0.29) is 4.90 Å². The van der Waals surface area contributed by atoms with Crippen LogP contribution in [0.3, 0.4) is 0 Å². The Labute approximate surface area is 88.8 Å². The number of nitrogens with zero attached hydrogens (tertiary/aromatic N) is 1. The smallest absolute Gasteiger partial charge is 0.268 e. The van der Waals surface area contributed by atoms with Crippen LogP contribution >= 0.6 is 0 Å². The Balaban J connectivity index is 3.29. The highest BCUT2D eigenvalue weighted by atomic mass is 32.2. The summed E-state index contributed by atoms with van der Waals surface area (Å²) in [5, 5.41) is 0. The SMILES string of the molecule is CCN(CC)S(=O)(=O)c1ccc[nH]c1=O. The number of pyridine rings is 1. The molecule has 1 aromatic heterocycles. The van der Waals surface area contributed by atoms with Crippen molar-refractivity contribution >= 4 is 10.0 Å². The monoisotopic (exact) mass is 230 g/mol. The predicted molar refractivity (Wildman–Crippen MR) is 57.2 cm³/mol. The van der Waals surface area contributed by atoms with E-state index in [2.05, 4.69) is 4.98 Å². The highest BCUT2D eigenvalue weighted by Crippen LogP contribution is 2.09. The summed E-state index contributed by atoms with van der Waals surface area (Å²) >= 11 is 0. The van der Waals surface area contributed by atoms with E-state index in [0.717, 1.165) is 0 Å². The molecule has 0 aliphatic carbocycles. The molecule has 0 aliphatic heterocycles. The van der Waals surface area contributed by atoms with E-state index in [1.54, 1.807) is 13.8 Å². The normalized spacial score (nSPS) is 11.9. The van der Waals surface area contributed by atoms with Crippen LogP contribution in [0.25, 0.3) is 0 Å². The minimum atomic E-state index is -3.64. The van der Waals surface area contributed by atoms with Crippen molar-refractivity contribution < 1.29 is 8.42 Å². The summed E-state index contributed by atoms with van der Waals surface area (Å²) in [6, 6.07) is 2.81. The first-order chi connectivity index (χ1) is 7.04. The van der Waals surface area contributed by atoms with Gasteiger partial charge >= 0.3 is 0 Å². The highest BCUT2D eigenvalue weighted by molar-refractivity contribution is 7.89. The molecule has 0 fully saturated rings. The van der Waals surface area contributed by atoms with Crippen LogP contribution in [0.4, 0.5) is 0 Å². The highest BCUT2D eigenvalue weighted by Gasteiger charge is 2.23. The van der Waals surface area contributed by atoms with Gasteiger partial charge in [-0.15, -0.1) is 0 Å². The van der Waals surface area contributed by atoms with Gasteiger partial charge in [0.05, 0.1) is 0 Å². The number of H-pyrrole nitrogens is 1. The van der Waals surface area contributed by atoms with Crippen LogP contribution in [-0.2, 0) is 10.0 Å². The second-order valence-corrected chi connectivity index (χ2v) is 4.86. The minimum Gasteiger partial charge on any atom is -0.328 e. The number of aromatic amines is 1. The van der Waals surface area contributed by atoms with Gasteiger partial charge in [0.25, 0.3) is 5.56 Å². The molecule has 0 saturated heterocycles. The van der Waals surface area contributed by atoms with E-state index < -0.39 is 15.6 Å². The van der Waals surface area contributed by atoms with Crippen LogP contribution in [0, 0.1) is 0 Å². The molecule has 84 valence electrons. The van der Waals surface area contributed by atoms with Crippen LogP contribution in [0.5, 0.6) is 0 Å². The zero-order valence-electron chi connectivity index (χ0n) is 8.73. The standard InChI is InChI=1S/C9H14N2O3S/c1-3-11(4-2)15(13,14)8-6-5-7-10-9(8)12/h5-7H,3-4H2,1-2H3,(H,10,12). The fraction of sp³-hybridized carbons (Fsp3) is 0.444. The van der Waals surface area contributed by atoms with E-state index in [0.29, 0.717) is 13.1 Å². The molecule has 0 aliphatic rings. The lowest BCUT2D eigenvalue weighted by atomic mass is 10.5. The van der Waals surface area contributed by atoms with Gasteiger partial charge in [0.15, 0.2) is 0 Å². The molecule has 0 spiro atoms. The van der Waals surface area contributed by atoms with Crippen molar-refractivity contribution in [2.45, 2.75) is 18.7 Å². The molecule has 6 heteroatoms. The molecule has 0 bridgehead atoms. The van der Waals surface area contributed by atoms with Crippen molar-refractivity contribution in [3.63, 3.8) is 0 Å². The molecule has 15 heavy (non-hydrogen) atoms. The molecule has 0 radical (unpaired) electrons. The first kappa shape index (κ1) is 11.9. The van der Waals surface area contributed by atoms with E-state index in [1.165, 1.54) is 22.6 Å². The average molecular weight is 230 g/mol. The van der Waals surface area contributed by atoms with E-state index in [4.69, 9.17) is 0 Å². The lowest BCUT2D eigenvalue weighted by Crippen LogP contribution is -2.34. The van der Waals surface area contributed by atoms with E-state index in [9.17, 15) is 13.2 Å². The van der Waals surface area contributed by atoms with Gasteiger partial charge in [-0.25, -0.2) is 8.42 Å². The van der Waals surface area contributed by atoms with E-state index >= 15 is 0 Å². The second kappa shape index (κ2) is 4.59. The number of hydrogen-bond acceptors (Lipinski definition) is 3. The molecular formula is C9H14N2O3S. The lowest BCUT2D eigenvalue weighted by molar-refractivity contribution is 0.444. The summed E-state index contributed by atoms with van der Waals surface area (Å²) in [6.45, 7) is 4.18. The van der Waals surface area contributed by atoms with Gasteiger partial charge in [-0.05, 0) is 12.1 Å². The summed E-state index contributed by atoms with van der Waals surface area (Å²) in [7, 11) is -3.64. The first-order valence-corrected chi connectivity index (χ1v) is 6.15. The lowest BCUT2D eigenvalue weighted by Gasteiger charge is -2.17. The summed E-state index contributed by atoms with van der Waals surface area (Å²) in [5.74, 6) is 0. The molecule has 0 aromatic carbocycles. The summed E-state index contributed by atoms with van der Waals surface area (Å²) in [4.78, 5) is 13.5. The Morgan fingerprint density at radius 3 is 2.40 bits per heavy atom. The molecule has 0 atom stereocenters. The van der Waals surface area contributed by atoms with Crippen molar-refractivity contribution in [1.29, 1.82) is 0 Å². The minimum absolute atomic E-state index is 0.200. The number of hydrogen-bond donors (Lipinski definition) is 1. The molecule has 1 N–H and O–H groups in total. The molecule has 0 saturated carbocycles. The number of sulfonamides is 1. The third-order valence-electron chi connectivity index (χ3n) is 2.11. The predicted octanol–water partition coefficient (Wildman–Crippen LogP) is 0.405. The molecule has 1 rings (SSSR count). The van der Waals surface area contributed by atoms with Gasteiger partial charge in [-0.2, -0.15) is 4.31 Å². The Kier molecular flexibility index (Phi) is 3.65. The Morgan fingerprint density at radius 1 is 1.33 bits per heavy atom. The average Bonchev–Trinajstić information content (AvgIpc) is 2.19. The van der Waals surface area contributed by atoms with Gasteiger partial charge < -0.3 is 4.98 Å². The van der Waals surface area contributed by atoms with E-state index in [1.807, 2.05) is 0 Å². The number of rotatable bonds is 4. The quantitative estimate of drug-likeness (QED) is 0.814. The maximum Gasteiger partial charge on any atom is 0.268 e. The maximum absolute atomic E-state index is 11.9. The third-order valence-corrected chi connectivity index (χ3v) is 4.18. The van der Waals surface area contributed by atoms with Crippen molar-refractivity contribution in [1.82, 2.24) is 9.29 Å². The van der Waals surface area contributed by atoms with Crippen LogP contribution in [-0.4, -0.2) is 30.8 Å². The topological polar surface area (TPSA) is 70.2 Å². The maximum atomic E-state index is 11.9. The number of nitrogens with one attached hydrogen (secondary N) is 1. The van der Waals surface area contributed by atoms with Gasteiger partial charge in [-0.1, -0.05) is 13.8 Å². The molecule has 5 nitrogen and oxygen atoms in total. The van der Waals surface area contributed by atoms with Crippen LogP contribution in [0.1, 0.15) is 13.8 Å². The van der Waals surface area contributed by atoms with Crippen LogP contribution in [0.2, 0.25) is 0 Å². The van der Waals surface area contributed by atoms with Gasteiger partial charge in [0, 0.05) is 19.3 Å². The van der Waals surface area contributed by atoms with Crippen molar-refractivity contribution in [2.24, 2.45) is 0 Å². The fourth-order valence-corrected chi connectivity index (χ4v) is 2.81. The van der Waals surface area contributed by atoms with Gasteiger partial charge in [0.1, 0.15) is 4.90 Å². The largest absolute Gasteiger partial charge is 0.328 e. The number of aromatic nitrogens is 1. The van der Waals surface area contributed by atoms with Crippen molar-refractivity contribution in [3.8, 4) is 0 Å². The molecule has 0 unspecified atom stereocenters. The van der Waals surface area contributed by atoms with Crippen molar-refractivity contribution in [2.75, 3.05) is 13.1 Å². The molecule has 0 amide bonds. The molecule has 1 aromatic rings. The Bertz CT molecular complexity index is 474. The summed E-state index contributed by atoms with van der Waals surface area (Å²) in [5.41, 5.74) is -0.579. The third kappa shape index (κ3) is 2.27. The molecular weight excluding hydrogens is 216 g/mol. The van der Waals surface area contributed by atoms with Crippen LogP contribution < -0.4 is 5.56 Å². The Hall–Kier alpha value is -1.14. The fourth-order valence-electron chi connectivity index (χ4n) is 1.31. The first-order valence-electron chi connectivity index (χ1n) is 4.71. The van der Waals surface area contributed by atoms with Crippen LogP contribution in [0.15, 0.2) is 28.0 Å². The second-order valence-electron chi connectivity index (χ2n) is 2.95. The molecule has 1 heterocycles. The van der Waals surface area contributed by atoms with Gasteiger partial charge in [0.2, 0.25) is 10.0 Å². The zero-order chi connectivity index (χ0) is 11.5. The zero-order valence-corrected chi connectivity index (χ0v) is 9.54. The Morgan fingerprint density at radius 2 is 1.93 bits per heavy atom. The summed E-state index contributed by atoms with van der Waals surface area (Å²) < 4.78 is 25.1. The van der Waals surface area contributed by atoms with Gasteiger partial charge in [-0.3, -0.25) is 4.79 Å². The van der Waals surface area contributed by atoms with Crippen molar-refractivity contribution in [3.05, 3.63) is 28.7 Å².